The van der Waals surface area contributed by atoms with Gasteiger partial charge in [-0.05, 0) is 48.7 Å². The van der Waals surface area contributed by atoms with E-state index >= 15 is 0 Å². The minimum atomic E-state index is -0.205. The Bertz CT molecular complexity index is 795. The second-order valence-electron chi connectivity index (χ2n) is 5.92. The first-order valence-corrected chi connectivity index (χ1v) is 8.60. The molecule has 7 heteroatoms. The lowest BCUT2D eigenvalue weighted by molar-refractivity contribution is 0.0955. The molecule has 0 saturated heterocycles. The molecular weight excluding hydrogens is 458 g/mol. The molecule has 27 heavy (non-hydrogen) atoms. The summed E-state index contributed by atoms with van der Waals surface area (Å²) >= 11 is 0. The third kappa shape index (κ3) is 7.16. The monoisotopic (exact) mass is 484 g/mol. The molecule has 0 aliphatic heterocycles. The summed E-state index contributed by atoms with van der Waals surface area (Å²) in [5.74, 6) is 0.349. The molecule has 2 rings (SSSR count). The lowest BCUT2D eigenvalue weighted by Crippen LogP contribution is -2.36. The Morgan fingerprint density at radius 2 is 1.70 bits per heavy atom. The Morgan fingerprint density at radius 3 is 2.30 bits per heavy atom. The van der Waals surface area contributed by atoms with Crippen molar-refractivity contribution in [3.63, 3.8) is 0 Å². The molecule has 146 valence electrons. The number of hydrogen-bond donors (Lipinski definition) is 3. The minimum Gasteiger partial charge on any atom is -0.352 e. The van der Waals surface area contributed by atoms with Crippen molar-refractivity contribution in [2.75, 3.05) is 13.6 Å². The van der Waals surface area contributed by atoms with E-state index in [4.69, 9.17) is 0 Å². The third-order valence-electron chi connectivity index (χ3n) is 3.89. The maximum absolute atomic E-state index is 13.3. The van der Waals surface area contributed by atoms with Gasteiger partial charge in [0.1, 0.15) is 5.82 Å². The number of guanidine groups is 1. The standard InChI is InChI=1S/C20H25FN4O.HI/c1-4-23-19(26)17-7-5-6-15(11-17)12-24-20(22-3)25-13-16-8-9-18(21)14(2)10-16;/h5-11H,4,12-13H2,1-3H3,(H,23,26)(H2,22,24,25);1H. The molecule has 2 aromatic carbocycles. The number of halogens is 2. The van der Waals surface area contributed by atoms with E-state index in [2.05, 4.69) is 20.9 Å². The van der Waals surface area contributed by atoms with E-state index in [1.54, 1.807) is 26.1 Å². The Morgan fingerprint density at radius 1 is 1.04 bits per heavy atom. The third-order valence-corrected chi connectivity index (χ3v) is 3.89. The summed E-state index contributed by atoms with van der Waals surface area (Å²) in [5, 5.41) is 9.20. The average Bonchev–Trinajstić information content (AvgIpc) is 2.65. The first-order valence-electron chi connectivity index (χ1n) is 8.60. The number of nitrogens with one attached hydrogen (secondary N) is 3. The highest BCUT2D eigenvalue weighted by molar-refractivity contribution is 14.0. The number of carbonyl (C=O) groups is 1. The molecule has 0 saturated carbocycles. The predicted octanol–water partition coefficient (Wildman–Crippen LogP) is 3.37. The predicted molar refractivity (Wildman–Crippen MR) is 118 cm³/mol. The number of rotatable bonds is 6. The quantitative estimate of drug-likeness (QED) is 0.335. The Balaban J connectivity index is 0.00000364. The highest BCUT2D eigenvalue weighted by Gasteiger charge is 2.06. The van der Waals surface area contributed by atoms with Gasteiger partial charge in [0, 0.05) is 32.2 Å². The Labute approximate surface area is 176 Å². The van der Waals surface area contributed by atoms with Gasteiger partial charge < -0.3 is 16.0 Å². The van der Waals surface area contributed by atoms with Crippen molar-refractivity contribution in [3.8, 4) is 0 Å². The first-order chi connectivity index (χ1) is 12.5. The van der Waals surface area contributed by atoms with Crippen molar-refractivity contribution in [2.24, 2.45) is 4.99 Å². The fourth-order valence-corrected chi connectivity index (χ4v) is 2.49. The lowest BCUT2D eigenvalue weighted by atomic mass is 10.1. The van der Waals surface area contributed by atoms with Crippen LogP contribution in [0.15, 0.2) is 47.5 Å². The highest BCUT2D eigenvalue weighted by Crippen LogP contribution is 2.09. The molecule has 0 atom stereocenters. The number of benzene rings is 2. The molecule has 2 aromatic rings. The molecule has 0 aromatic heterocycles. The number of hydrogen-bond acceptors (Lipinski definition) is 2. The van der Waals surface area contributed by atoms with E-state index in [1.807, 2.05) is 31.2 Å². The minimum absolute atomic E-state index is 0. The van der Waals surface area contributed by atoms with Gasteiger partial charge in [-0.25, -0.2) is 4.39 Å². The van der Waals surface area contributed by atoms with Crippen LogP contribution < -0.4 is 16.0 Å². The lowest BCUT2D eigenvalue weighted by Gasteiger charge is -2.13. The number of nitrogens with zero attached hydrogens (tertiary/aromatic N) is 1. The summed E-state index contributed by atoms with van der Waals surface area (Å²) in [4.78, 5) is 16.1. The molecule has 0 radical (unpaired) electrons. The second kappa shape index (κ2) is 11.5. The SMILES string of the molecule is CCNC(=O)c1cccc(CNC(=NC)NCc2ccc(F)c(C)c2)c1.I. The van der Waals surface area contributed by atoms with Crippen LogP contribution in [0.2, 0.25) is 0 Å². The van der Waals surface area contributed by atoms with Crippen LogP contribution >= 0.6 is 24.0 Å². The zero-order chi connectivity index (χ0) is 18.9. The van der Waals surface area contributed by atoms with Gasteiger partial charge >= 0.3 is 0 Å². The van der Waals surface area contributed by atoms with Crippen LogP contribution in [-0.4, -0.2) is 25.5 Å². The maximum Gasteiger partial charge on any atom is 0.251 e. The van der Waals surface area contributed by atoms with Crippen molar-refractivity contribution in [1.29, 1.82) is 0 Å². The van der Waals surface area contributed by atoms with Crippen molar-refractivity contribution in [1.82, 2.24) is 16.0 Å². The van der Waals surface area contributed by atoms with Crippen molar-refractivity contribution in [2.45, 2.75) is 26.9 Å². The van der Waals surface area contributed by atoms with E-state index < -0.39 is 0 Å². The van der Waals surface area contributed by atoms with E-state index in [1.165, 1.54) is 6.07 Å². The molecule has 5 nitrogen and oxygen atoms in total. The van der Waals surface area contributed by atoms with Crippen LogP contribution in [0.3, 0.4) is 0 Å². The van der Waals surface area contributed by atoms with Crippen LogP contribution in [0.1, 0.15) is 34.0 Å². The molecule has 0 fully saturated rings. The van der Waals surface area contributed by atoms with Crippen LogP contribution in [0.25, 0.3) is 0 Å². The van der Waals surface area contributed by atoms with Gasteiger partial charge in [0.25, 0.3) is 5.91 Å². The van der Waals surface area contributed by atoms with Crippen LogP contribution in [0.5, 0.6) is 0 Å². The van der Waals surface area contributed by atoms with Crippen LogP contribution in [0, 0.1) is 12.7 Å². The summed E-state index contributed by atoms with van der Waals surface area (Å²) in [6.07, 6.45) is 0. The van der Waals surface area contributed by atoms with E-state index in [-0.39, 0.29) is 35.7 Å². The zero-order valence-electron chi connectivity index (χ0n) is 15.8. The molecule has 0 aliphatic carbocycles. The number of aryl methyl sites for hydroxylation is 1. The highest BCUT2D eigenvalue weighted by atomic mass is 127. The molecule has 0 bridgehead atoms. The molecule has 0 heterocycles. The van der Waals surface area contributed by atoms with Crippen LogP contribution in [0.4, 0.5) is 4.39 Å². The molecule has 1 amide bonds. The summed E-state index contributed by atoms with van der Waals surface area (Å²) in [6, 6.07) is 12.5. The summed E-state index contributed by atoms with van der Waals surface area (Å²) in [7, 11) is 1.69. The first kappa shape index (κ1) is 22.9. The van der Waals surface area contributed by atoms with E-state index in [9.17, 15) is 9.18 Å². The molecule has 3 N–H and O–H groups in total. The zero-order valence-corrected chi connectivity index (χ0v) is 18.1. The fraction of sp³-hybridized carbons (Fsp3) is 0.300. The van der Waals surface area contributed by atoms with Gasteiger partial charge in [0.15, 0.2) is 5.96 Å². The van der Waals surface area contributed by atoms with Gasteiger partial charge in [0.05, 0.1) is 0 Å². The Kier molecular flexibility index (Phi) is 9.77. The van der Waals surface area contributed by atoms with Gasteiger partial charge in [-0.3, -0.25) is 9.79 Å². The smallest absolute Gasteiger partial charge is 0.251 e. The largest absolute Gasteiger partial charge is 0.352 e. The van der Waals surface area contributed by atoms with Gasteiger partial charge in [-0.15, -0.1) is 24.0 Å². The van der Waals surface area contributed by atoms with Gasteiger partial charge in [0.2, 0.25) is 0 Å². The summed E-state index contributed by atoms with van der Waals surface area (Å²) in [5.41, 5.74) is 3.21. The van der Waals surface area contributed by atoms with Crippen molar-refractivity contribution < 1.29 is 9.18 Å². The molecule has 0 spiro atoms. The average molecular weight is 484 g/mol. The molecular formula is C20H26FIN4O. The molecule has 0 unspecified atom stereocenters. The maximum atomic E-state index is 13.3. The number of aliphatic imine (C=N–C) groups is 1. The summed E-state index contributed by atoms with van der Waals surface area (Å²) < 4.78 is 13.3. The van der Waals surface area contributed by atoms with E-state index in [0.717, 1.165) is 11.1 Å². The van der Waals surface area contributed by atoms with Crippen molar-refractivity contribution in [3.05, 3.63) is 70.5 Å². The second-order valence-corrected chi connectivity index (χ2v) is 5.92. The summed E-state index contributed by atoms with van der Waals surface area (Å²) in [6.45, 7) is 5.31. The normalized spacial score (nSPS) is 10.7. The molecule has 0 aliphatic rings. The van der Waals surface area contributed by atoms with Crippen LogP contribution in [-0.2, 0) is 13.1 Å². The number of amides is 1. The van der Waals surface area contributed by atoms with E-state index in [0.29, 0.717) is 36.7 Å². The topological polar surface area (TPSA) is 65.5 Å². The van der Waals surface area contributed by atoms with Gasteiger partial charge in [-0.1, -0.05) is 24.3 Å². The Hall–Kier alpha value is -2.16. The fourth-order valence-electron chi connectivity index (χ4n) is 2.49. The van der Waals surface area contributed by atoms with Gasteiger partial charge in [-0.2, -0.15) is 0 Å². The van der Waals surface area contributed by atoms with Crippen molar-refractivity contribution >= 4 is 35.8 Å². The number of carbonyl (C=O) groups excluding carboxylic acids is 1.